The maximum absolute atomic E-state index is 12.8. The molecule has 34 heavy (non-hydrogen) atoms. The third-order valence-corrected chi connectivity index (χ3v) is 5.34. The number of hydrogen-bond acceptors (Lipinski definition) is 5. The van der Waals surface area contributed by atoms with E-state index in [1.807, 2.05) is 68.4 Å². The highest BCUT2D eigenvalue weighted by Crippen LogP contribution is 2.22. The number of nitrogens with zero attached hydrogens (tertiary/aromatic N) is 1. The topological polar surface area (TPSA) is 87.7 Å². The molecule has 0 saturated heterocycles. The van der Waals surface area contributed by atoms with E-state index in [1.54, 1.807) is 0 Å². The van der Waals surface area contributed by atoms with E-state index in [0.29, 0.717) is 18.7 Å². The summed E-state index contributed by atoms with van der Waals surface area (Å²) in [6, 6.07) is 18.5. The van der Waals surface area contributed by atoms with Crippen LogP contribution >= 0.6 is 0 Å². The van der Waals surface area contributed by atoms with Crippen molar-refractivity contribution in [2.75, 3.05) is 39.6 Å². The molecule has 0 bridgehead atoms. The predicted molar refractivity (Wildman–Crippen MR) is 135 cm³/mol. The minimum Gasteiger partial charge on any atom is -0.465 e. The Morgan fingerprint density at radius 1 is 0.941 bits per heavy atom. The van der Waals surface area contributed by atoms with Crippen LogP contribution in [0.25, 0.3) is 16.3 Å². The van der Waals surface area contributed by atoms with Crippen LogP contribution in [0.3, 0.4) is 0 Å². The molecule has 7 heteroatoms. The van der Waals surface area contributed by atoms with E-state index >= 15 is 0 Å². The van der Waals surface area contributed by atoms with Crippen LogP contribution < -0.4 is 10.6 Å². The smallest absolute Gasteiger partial charge is 0.339 e. The van der Waals surface area contributed by atoms with Crippen LogP contribution in [0.4, 0.5) is 5.69 Å². The van der Waals surface area contributed by atoms with Gasteiger partial charge < -0.3 is 20.3 Å². The molecule has 0 radical (unpaired) electrons. The summed E-state index contributed by atoms with van der Waals surface area (Å²) in [7, 11) is 5.09. The first-order valence-corrected chi connectivity index (χ1v) is 10.9. The number of anilines is 1. The van der Waals surface area contributed by atoms with E-state index in [1.165, 1.54) is 31.4 Å². The van der Waals surface area contributed by atoms with Gasteiger partial charge in [-0.15, -0.1) is 0 Å². The average Bonchev–Trinajstić information content (AvgIpc) is 2.82. The van der Waals surface area contributed by atoms with Crippen LogP contribution in [0.5, 0.6) is 0 Å². The Bertz CT molecular complexity index is 1250. The number of amides is 2. The first-order valence-electron chi connectivity index (χ1n) is 10.9. The van der Waals surface area contributed by atoms with Gasteiger partial charge in [0.2, 0.25) is 5.91 Å². The lowest BCUT2D eigenvalue weighted by Crippen LogP contribution is -2.31. The fourth-order valence-electron chi connectivity index (χ4n) is 3.46. The lowest BCUT2D eigenvalue weighted by molar-refractivity contribution is -0.111. The normalized spacial score (nSPS) is 11.4. The molecule has 2 N–H and O–H groups in total. The van der Waals surface area contributed by atoms with Gasteiger partial charge in [-0.1, -0.05) is 36.4 Å². The molecule has 0 aliphatic carbocycles. The largest absolute Gasteiger partial charge is 0.465 e. The summed E-state index contributed by atoms with van der Waals surface area (Å²) >= 11 is 0. The monoisotopic (exact) mass is 459 g/mol. The van der Waals surface area contributed by atoms with Crippen molar-refractivity contribution in [2.24, 2.45) is 0 Å². The average molecular weight is 460 g/mol. The molecule has 0 atom stereocenters. The molecule has 0 aliphatic rings. The molecule has 3 rings (SSSR count). The van der Waals surface area contributed by atoms with Gasteiger partial charge in [0.15, 0.2) is 0 Å². The Hall–Kier alpha value is -3.97. The minimum atomic E-state index is -0.606. The minimum absolute atomic E-state index is 0.164. The number of benzene rings is 3. The summed E-state index contributed by atoms with van der Waals surface area (Å²) in [5.74, 6) is -1.32. The Kier molecular flexibility index (Phi) is 8.16. The summed E-state index contributed by atoms with van der Waals surface area (Å²) in [6.07, 6.45) is 1.47. The maximum Gasteiger partial charge on any atom is 0.339 e. The van der Waals surface area contributed by atoms with E-state index in [0.717, 1.165) is 21.9 Å². The lowest BCUT2D eigenvalue weighted by Gasteiger charge is -2.13. The van der Waals surface area contributed by atoms with Gasteiger partial charge in [0.1, 0.15) is 0 Å². The highest BCUT2D eigenvalue weighted by Gasteiger charge is 2.17. The van der Waals surface area contributed by atoms with Crippen LogP contribution in [0.15, 0.2) is 66.7 Å². The number of allylic oxidation sites excluding steroid dienone is 1. The second-order valence-electron chi connectivity index (χ2n) is 8.19. The molecule has 0 aromatic heterocycles. The number of hydrogen-bond donors (Lipinski definition) is 2. The second-order valence-corrected chi connectivity index (χ2v) is 8.19. The Labute approximate surface area is 199 Å². The number of nitrogens with one attached hydrogen (secondary N) is 2. The Morgan fingerprint density at radius 2 is 1.65 bits per heavy atom. The van der Waals surface area contributed by atoms with Crippen molar-refractivity contribution < 1.29 is 19.1 Å². The molecule has 176 valence electrons. The van der Waals surface area contributed by atoms with E-state index in [-0.39, 0.29) is 17.2 Å². The number of rotatable bonds is 8. The molecular weight excluding hydrogens is 430 g/mol. The van der Waals surface area contributed by atoms with Crippen molar-refractivity contribution in [2.45, 2.75) is 6.92 Å². The Morgan fingerprint density at radius 3 is 2.35 bits per heavy atom. The number of carbonyl (C=O) groups excluding carboxylic acids is 3. The number of carbonyl (C=O) groups is 3. The number of ether oxygens (including phenoxy) is 1. The zero-order chi connectivity index (χ0) is 24.7. The summed E-state index contributed by atoms with van der Waals surface area (Å²) in [5, 5.41) is 7.74. The third-order valence-electron chi connectivity index (χ3n) is 5.34. The molecule has 0 aliphatic heterocycles. The number of esters is 1. The summed E-state index contributed by atoms with van der Waals surface area (Å²) in [6.45, 7) is 3.01. The molecular formula is C27H29N3O4. The van der Waals surface area contributed by atoms with Crippen LogP contribution in [-0.4, -0.2) is 57.0 Å². The van der Waals surface area contributed by atoms with E-state index < -0.39 is 11.9 Å². The third kappa shape index (κ3) is 6.30. The zero-order valence-electron chi connectivity index (χ0n) is 19.8. The molecule has 0 unspecified atom stereocenters. The number of likely N-dealkylation sites (N-methyl/N-ethyl adjacent to an activating group) is 1. The lowest BCUT2D eigenvalue weighted by atomic mass is 10.0. The quantitative estimate of drug-likeness (QED) is 0.393. The molecule has 3 aromatic carbocycles. The maximum atomic E-state index is 12.8. The van der Waals surface area contributed by atoms with Crippen LogP contribution in [0.2, 0.25) is 0 Å². The SMILES string of the molecule is COC(=O)c1ccc(C(=O)NCCN(C)C)cc1NC(=O)/C=C(/C)c1ccc2ccccc2c1. The molecule has 0 heterocycles. The van der Waals surface area contributed by atoms with Crippen LogP contribution in [0, 0.1) is 0 Å². The van der Waals surface area contributed by atoms with Crippen molar-refractivity contribution in [3.63, 3.8) is 0 Å². The van der Waals surface area contributed by atoms with Crippen molar-refractivity contribution >= 4 is 39.8 Å². The first-order chi connectivity index (χ1) is 16.3. The van der Waals surface area contributed by atoms with Crippen molar-refractivity contribution in [3.8, 4) is 0 Å². The van der Waals surface area contributed by atoms with Gasteiger partial charge in [-0.25, -0.2) is 4.79 Å². The second kappa shape index (κ2) is 11.2. The molecule has 2 amide bonds. The fraction of sp³-hybridized carbons (Fsp3) is 0.222. The standard InChI is InChI=1S/C27H29N3O4/c1-18(20-10-9-19-7-5-6-8-21(19)16-20)15-25(31)29-24-17-22(11-12-23(24)27(33)34-4)26(32)28-13-14-30(2)3/h5-12,15-17H,13-14H2,1-4H3,(H,28,32)(H,29,31)/b18-15-. The Balaban J connectivity index is 1.82. The highest BCUT2D eigenvalue weighted by molar-refractivity contribution is 6.09. The molecule has 3 aromatic rings. The van der Waals surface area contributed by atoms with E-state index in [4.69, 9.17) is 4.74 Å². The van der Waals surface area contributed by atoms with E-state index in [9.17, 15) is 14.4 Å². The summed E-state index contributed by atoms with van der Waals surface area (Å²) in [4.78, 5) is 39.5. The zero-order valence-corrected chi connectivity index (χ0v) is 19.8. The summed E-state index contributed by atoms with van der Waals surface area (Å²) in [5.41, 5.74) is 2.38. The fourth-order valence-corrected chi connectivity index (χ4v) is 3.46. The number of fused-ring (bicyclic) bond motifs is 1. The van der Waals surface area contributed by atoms with Gasteiger partial charge in [0.05, 0.1) is 18.4 Å². The highest BCUT2D eigenvalue weighted by atomic mass is 16.5. The summed E-state index contributed by atoms with van der Waals surface area (Å²) < 4.78 is 4.83. The van der Waals surface area contributed by atoms with Gasteiger partial charge in [-0.3, -0.25) is 9.59 Å². The van der Waals surface area contributed by atoms with Gasteiger partial charge in [-0.05, 0) is 67.2 Å². The van der Waals surface area contributed by atoms with Crippen molar-refractivity contribution in [1.82, 2.24) is 10.2 Å². The van der Waals surface area contributed by atoms with Crippen LogP contribution in [0.1, 0.15) is 33.2 Å². The van der Waals surface area contributed by atoms with Gasteiger partial charge in [0.25, 0.3) is 5.91 Å². The molecule has 0 fully saturated rings. The van der Waals surface area contributed by atoms with Crippen LogP contribution in [-0.2, 0) is 9.53 Å². The molecule has 0 spiro atoms. The predicted octanol–water partition coefficient (Wildman–Crippen LogP) is 3.96. The van der Waals surface area contributed by atoms with Gasteiger partial charge in [-0.2, -0.15) is 0 Å². The molecule has 7 nitrogen and oxygen atoms in total. The van der Waals surface area contributed by atoms with Gasteiger partial charge >= 0.3 is 5.97 Å². The van der Waals surface area contributed by atoms with Gasteiger partial charge in [0, 0.05) is 24.7 Å². The molecule has 0 saturated carbocycles. The number of methoxy groups -OCH3 is 1. The van der Waals surface area contributed by atoms with Crippen molar-refractivity contribution in [3.05, 3.63) is 83.4 Å². The van der Waals surface area contributed by atoms with E-state index in [2.05, 4.69) is 10.6 Å². The van der Waals surface area contributed by atoms with Crippen molar-refractivity contribution in [1.29, 1.82) is 0 Å². The first kappa shape index (κ1) is 24.7.